The Labute approximate surface area is 212 Å². The molecule has 1 amide bonds. The van der Waals surface area contributed by atoms with E-state index in [2.05, 4.69) is 16.0 Å². The highest BCUT2D eigenvalue weighted by Crippen LogP contribution is 2.31. The first-order chi connectivity index (χ1) is 16.5. The van der Waals surface area contributed by atoms with Crippen molar-refractivity contribution in [1.29, 1.82) is 0 Å². The molecule has 2 aromatic carbocycles. The molecule has 0 saturated carbocycles. The van der Waals surface area contributed by atoms with E-state index in [9.17, 15) is 4.79 Å². The van der Waals surface area contributed by atoms with Crippen LogP contribution in [0.25, 0.3) is 0 Å². The first-order valence-corrected chi connectivity index (χ1v) is 12.6. The van der Waals surface area contributed by atoms with Crippen LogP contribution in [-0.4, -0.2) is 53.9 Å². The summed E-state index contributed by atoms with van der Waals surface area (Å²) in [5.74, 6) is 0.789. The Balaban J connectivity index is 1.40. The number of piperidine rings is 1. The molecule has 0 radical (unpaired) electrons. The third-order valence-corrected chi connectivity index (χ3v) is 7.55. The van der Waals surface area contributed by atoms with Crippen molar-refractivity contribution in [2.24, 2.45) is 0 Å². The lowest BCUT2D eigenvalue weighted by Gasteiger charge is -2.33. The number of benzene rings is 2. The summed E-state index contributed by atoms with van der Waals surface area (Å²) in [7, 11) is 1.87. The summed E-state index contributed by atoms with van der Waals surface area (Å²) in [5, 5.41) is 1.11. The van der Waals surface area contributed by atoms with Crippen molar-refractivity contribution >= 4 is 29.1 Å². The topological polar surface area (TPSA) is 36.4 Å². The van der Waals surface area contributed by atoms with Gasteiger partial charge >= 0.3 is 0 Å². The van der Waals surface area contributed by atoms with Gasteiger partial charge in [0.05, 0.1) is 10.0 Å². The molecule has 1 atom stereocenters. The normalized spacial score (nSPS) is 15.7. The maximum Gasteiger partial charge on any atom is 0.253 e. The molecule has 4 nitrogen and oxygen atoms in total. The average Bonchev–Trinajstić information content (AvgIpc) is 2.89. The van der Waals surface area contributed by atoms with E-state index in [1.165, 1.54) is 5.56 Å². The summed E-state index contributed by atoms with van der Waals surface area (Å²) >= 11 is 12.5. The SMILES string of the molecule is CN(CC(CCN1CCC(c2cccnc2)CC1)c1ccc(Cl)c(Cl)c1)C(=O)c1ccccc1. The Kier molecular flexibility index (Phi) is 8.60. The van der Waals surface area contributed by atoms with Crippen molar-refractivity contribution in [1.82, 2.24) is 14.8 Å². The van der Waals surface area contributed by atoms with Crippen molar-refractivity contribution in [3.63, 3.8) is 0 Å². The molecule has 0 bridgehead atoms. The molecule has 1 unspecified atom stereocenters. The number of likely N-dealkylation sites (tertiary alicyclic amines) is 1. The Bertz CT molecular complexity index is 1070. The van der Waals surface area contributed by atoms with Crippen LogP contribution in [0.3, 0.4) is 0 Å². The number of hydrogen-bond donors (Lipinski definition) is 0. The zero-order valence-corrected chi connectivity index (χ0v) is 21.1. The van der Waals surface area contributed by atoms with Crippen molar-refractivity contribution in [2.45, 2.75) is 31.1 Å². The van der Waals surface area contributed by atoms with E-state index >= 15 is 0 Å². The van der Waals surface area contributed by atoms with E-state index in [-0.39, 0.29) is 11.8 Å². The Morgan fingerprint density at radius 3 is 2.50 bits per heavy atom. The highest BCUT2D eigenvalue weighted by atomic mass is 35.5. The number of nitrogens with zero attached hydrogens (tertiary/aromatic N) is 3. The smallest absolute Gasteiger partial charge is 0.253 e. The van der Waals surface area contributed by atoms with Gasteiger partial charge in [0.15, 0.2) is 0 Å². The third kappa shape index (κ3) is 6.38. The Morgan fingerprint density at radius 1 is 1.06 bits per heavy atom. The first-order valence-electron chi connectivity index (χ1n) is 11.9. The minimum atomic E-state index is 0.0305. The molecule has 0 aliphatic carbocycles. The second-order valence-electron chi connectivity index (χ2n) is 9.11. The number of hydrogen-bond acceptors (Lipinski definition) is 3. The zero-order chi connectivity index (χ0) is 23.9. The predicted octanol–water partition coefficient (Wildman–Crippen LogP) is 6.51. The predicted molar refractivity (Wildman–Crippen MR) is 140 cm³/mol. The van der Waals surface area contributed by atoms with Gasteiger partial charge in [0.2, 0.25) is 0 Å². The molecule has 0 spiro atoms. The number of pyridine rings is 1. The minimum Gasteiger partial charge on any atom is -0.341 e. The number of carbonyl (C=O) groups is 1. The van der Waals surface area contributed by atoms with E-state index in [1.54, 1.807) is 0 Å². The Hall–Kier alpha value is -2.40. The van der Waals surface area contributed by atoms with Gasteiger partial charge in [-0.25, -0.2) is 0 Å². The van der Waals surface area contributed by atoms with Crippen LogP contribution in [-0.2, 0) is 0 Å². The van der Waals surface area contributed by atoms with Crippen molar-refractivity contribution in [3.05, 3.63) is 99.8 Å². The van der Waals surface area contributed by atoms with Gasteiger partial charge in [-0.1, -0.05) is 53.5 Å². The van der Waals surface area contributed by atoms with Gasteiger partial charge in [-0.05, 0) is 86.3 Å². The van der Waals surface area contributed by atoms with Crippen LogP contribution in [0.1, 0.15) is 52.6 Å². The molecule has 34 heavy (non-hydrogen) atoms. The number of likely N-dealkylation sites (N-methyl/N-ethyl adjacent to an activating group) is 1. The van der Waals surface area contributed by atoms with E-state index in [1.807, 2.05) is 78.9 Å². The van der Waals surface area contributed by atoms with Crippen LogP contribution in [0.5, 0.6) is 0 Å². The van der Waals surface area contributed by atoms with Gasteiger partial charge < -0.3 is 9.80 Å². The van der Waals surface area contributed by atoms with Crippen LogP contribution < -0.4 is 0 Å². The molecule has 4 rings (SSSR count). The van der Waals surface area contributed by atoms with Gasteiger partial charge in [-0.3, -0.25) is 9.78 Å². The van der Waals surface area contributed by atoms with Gasteiger partial charge in [0.1, 0.15) is 0 Å². The molecular formula is C28H31Cl2N3O. The largest absolute Gasteiger partial charge is 0.341 e. The molecule has 6 heteroatoms. The van der Waals surface area contributed by atoms with Crippen molar-refractivity contribution < 1.29 is 4.79 Å². The van der Waals surface area contributed by atoms with Gasteiger partial charge in [0.25, 0.3) is 5.91 Å². The summed E-state index contributed by atoms with van der Waals surface area (Å²) in [6.07, 6.45) is 7.08. The molecule has 178 valence electrons. The third-order valence-electron chi connectivity index (χ3n) is 6.81. The second kappa shape index (κ2) is 11.8. The first kappa shape index (κ1) is 24.7. The highest BCUT2D eigenvalue weighted by Gasteiger charge is 2.24. The fourth-order valence-electron chi connectivity index (χ4n) is 4.79. The van der Waals surface area contributed by atoms with E-state index in [0.29, 0.717) is 28.1 Å². The molecule has 2 heterocycles. The number of aromatic nitrogens is 1. The molecule has 1 aromatic heterocycles. The van der Waals surface area contributed by atoms with Crippen LogP contribution in [0.2, 0.25) is 10.0 Å². The lowest BCUT2D eigenvalue weighted by Crippen LogP contribution is -2.36. The number of halogens is 2. The quantitative estimate of drug-likeness (QED) is 0.357. The van der Waals surface area contributed by atoms with Crippen LogP contribution in [0.4, 0.5) is 0 Å². The maximum absolute atomic E-state index is 13.0. The summed E-state index contributed by atoms with van der Waals surface area (Å²) in [6, 6.07) is 19.5. The minimum absolute atomic E-state index is 0.0305. The second-order valence-corrected chi connectivity index (χ2v) is 9.93. The van der Waals surface area contributed by atoms with E-state index < -0.39 is 0 Å². The van der Waals surface area contributed by atoms with Crippen molar-refractivity contribution in [2.75, 3.05) is 33.2 Å². The average molecular weight is 496 g/mol. The monoisotopic (exact) mass is 495 g/mol. The molecule has 0 N–H and O–H groups in total. The number of carbonyl (C=O) groups excluding carboxylic acids is 1. The van der Waals surface area contributed by atoms with Gasteiger partial charge in [0, 0.05) is 37.5 Å². The summed E-state index contributed by atoms with van der Waals surface area (Å²) < 4.78 is 0. The lowest BCUT2D eigenvalue weighted by molar-refractivity contribution is 0.0781. The fraction of sp³-hybridized carbons (Fsp3) is 0.357. The number of amides is 1. The maximum atomic E-state index is 13.0. The van der Waals surface area contributed by atoms with Crippen LogP contribution in [0, 0.1) is 0 Å². The summed E-state index contributed by atoms with van der Waals surface area (Å²) in [5.41, 5.74) is 3.17. The van der Waals surface area contributed by atoms with Gasteiger partial charge in [-0.2, -0.15) is 0 Å². The summed E-state index contributed by atoms with van der Waals surface area (Å²) in [4.78, 5) is 21.6. The molecule has 1 aliphatic rings. The molecule has 1 fully saturated rings. The van der Waals surface area contributed by atoms with Crippen molar-refractivity contribution in [3.8, 4) is 0 Å². The fourth-order valence-corrected chi connectivity index (χ4v) is 5.10. The molecular weight excluding hydrogens is 465 g/mol. The Morgan fingerprint density at radius 2 is 1.82 bits per heavy atom. The van der Waals surface area contributed by atoms with Gasteiger partial charge in [-0.15, -0.1) is 0 Å². The molecule has 3 aromatic rings. The standard InChI is InChI=1S/C28H31Cl2N3O/c1-32(28(34)22-6-3-2-4-7-22)20-25(23-9-10-26(29)27(30)18-23)13-17-33-15-11-21(12-16-33)24-8-5-14-31-19-24/h2-10,14,18-19,21,25H,11-13,15-17,20H2,1H3. The van der Waals surface area contributed by atoms with Crippen LogP contribution >= 0.6 is 23.2 Å². The zero-order valence-electron chi connectivity index (χ0n) is 19.5. The lowest BCUT2D eigenvalue weighted by atomic mass is 9.89. The summed E-state index contributed by atoms with van der Waals surface area (Å²) in [6.45, 7) is 3.76. The van der Waals surface area contributed by atoms with E-state index in [4.69, 9.17) is 23.2 Å². The van der Waals surface area contributed by atoms with Crippen LogP contribution in [0.15, 0.2) is 73.1 Å². The number of rotatable bonds is 8. The highest BCUT2D eigenvalue weighted by molar-refractivity contribution is 6.42. The molecule has 1 aliphatic heterocycles. The molecule has 1 saturated heterocycles. The van der Waals surface area contributed by atoms with E-state index in [0.717, 1.165) is 44.5 Å².